The largest absolute Gasteiger partial charge is 0.441 e. The van der Waals surface area contributed by atoms with Crippen LogP contribution >= 0.6 is 11.8 Å². The van der Waals surface area contributed by atoms with E-state index < -0.39 is 11.6 Å². The molecular formula is C8H15F3OS. The lowest BCUT2D eigenvalue weighted by Gasteiger charge is -2.16. The summed E-state index contributed by atoms with van der Waals surface area (Å²) in [4.78, 5) is 0. The molecule has 1 nitrogen and oxygen atoms in total. The van der Waals surface area contributed by atoms with Gasteiger partial charge in [0.15, 0.2) is 0 Å². The van der Waals surface area contributed by atoms with Crippen molar-refractivity contribution < 1.29 is 18.3 Å². The van der Waals surface area contributed by atoms with Gasteiger partial charge in [-0.3, -0.25) is 0 Å². The Hall–Kier alpha value is 0.100. The number of halogens is 3. The molecule has 0 bridgehead atoms. The molecule has 0 aromatic carbocycles. The number of hydrogen-bond donors (Lipinski definition) is 1. The molecule has 80 valence electrons. The highest BCUT2D eigenvalue weighted by atomic mass is 32.2. The summed E-state index contributed by atoms with van der Waals surface area (Å²) in [6.45, 7) is 3.59. The van der Waals surface area contributed by atoms with Crippen LogP contribution in [0.1, 0.15) is 26.7 Å². The van der Waals surface area contributed by atoms with Gasteiger partial charge >= 0.3 is 5.51 Å². The summed E-state index contributed by atoms with van der Waals surface area (Å²) in [6, 6.07) is 0. The lowest BCUT2D eigenvalue weighted by Crippen LogP contribution is -2.17. The van der Waals surface area contributed by atoms with Gasteiger partial charge in [-0.05, 0) is 18.8 Å². The van der Waals surface area contributed by atoms with Crippen molar-refractivity contribution in [3.63, 3.8) is 0 Å². The number of hydrogen-bond acceptors (Lipinski definition) is 2. The Balaban J connectivity index is 3.53. The maximum absolute atomic E-state index is 11.7. The molecule has 5 heteroatoms. The topological polar surface area (TPSA) is 20.2 Å². The summed E-state index contributed by atoms with van der Waals surface area (Å²) < 4.78 is 35.1. The molecule has 0 amide bonds. The van der Waals surface area contributed by atoms with Gasteiger partial charge in [0, 0.05) is 5.75 Å². The van der Waals surface area contributed by atoms with E-state index >= 15 is 0 Å². The van der Waals surface area contributed by atoms with Gasteiger partial charge in [-0.2, -0.15) is 13.2 Å². The van der Waals surface area contributed by atoms with Crippen molar-refractivity contribution in [2.75, 3.05) is 5.75 Å². The van der Waals surface area contributed by atoms with E-state index in [1.807, 2.05) is 6.92 Å². The number of thioether (sulfide) groups is 1. The van der Waals surface area contributed by atoms with Gasteiger partial charge in [0.1, 0.15) is 0 Å². The van der Waals surface area contributed by atoms with E-state index in [0.717, 1.165) is 0 Å². The number of rotatable bonds is 5. The normalized spacial score (nSPS) is 17.1. The van der Waals surface area contributed by atoms with Crippen molar-refractivity contribution in [2.24, 2.45) is 5.92 Å². The fourth-order valence-corrected chi connectivity index (χ4v) is 1.68. The van der Waals surface area contributed by atoms with Crippen molar-refractivity contribution in [1.82, 2.24) is 0 Å². The molecular weight excluding hydrogens is 201 g/mol. The predicted octanol–water partition coefficient (Wildman–Crippen LogP) is 3.04. The van der Waals surface area contributed by atoms with Crippen molar-refractivity contribution in [1.29, 1.82) is 0 Å². The summed E-state index contributed by atoms with van der Waals surface area (Å²) in [5.74, 6) is -0.0262. The molecule has 0 radical (unpaired) electrons. The van der Waals surface area contributed by atoms with Crippen LogP contribution in [0.25, 0.3) is 0 Å². The predicted molar refractivity (Wildman–Crippen MR) is 48.6 cm³/mol. The fraction of sp³-hybridized carbons (Fsp3) is 1.00. The third-order valence-electron chi connectivity index (χ3n) is 1.91. The van der Waals surface area contributed by atoms with Gasteiger partial charge < -0.3 is 5.11 Å². The number of aliphatic hydroxyl groups excluding tert-OH is 1. The Kier molecular flexibility index (Phi) is 5.80. The highest BCUT2D eigenvalue weighted by Gasteiger charge is 2.28. The van der Waals surface area contributed by atoms with Crippen LogP contribution in [0.4, 0.5) is 13.2 Å². The van der Waals surface area contributed by atoms with Crippen LogP contribution in [-0.4, -0.2) is 22.5 Å². The molecule has 1 N–H and O–H groups in total. The maximum atomic E-state index is 11.7. The fourth-order valence-electron chi connectivity index (χ4n) is 0.955. The first kappa shape index (κ1) is 13.1. The molecule has 0 fully saturated rings. The maximum Gasteiger partial charge on any atom is 0.441 e. The van der Waals surface area contributed by atoms with Gasteiger partial charge in [-0.25, -0.2) is 0 Å². The molecule has 0 saturated heterocycles. The molecule has 13 heavy (non-hydrogen) atoms. The van der Waals surface area contributed by atoms with Gasteiger partial charge in [-0.15, -0.1) is 0 Å². The van der Waals surface area contributed by atoms with Gasteiger partial charge in [0.2, 0.25) is 0 Å². The zero-order valence-electron chi connectivity index (χ0n) is 7.77. The Morgan fingerprint density at radius 2 is 1.92 bits per heavy atom. The average Bonchev–Trinajstić information content (AvgIpc) is 2.00. The molecule has 0 aliphatic carbocycles. The van der Waals surface area contributed by atoms with Crippen molar-refractivity contribution >= 4 is 11.8 Å². The highest BCUT2D eigenvalue weighted by Crippen LogP contribution is 2.31. The van der Waals surface area contributed by atoms with Crippen LogP contribution in [0.3, 0.4) is 0 Å². The third kappa shape index (κ3) is 7.19. The Morgan fingerprint density at radius 1 is 1.38 bits per heavy atom. The van der Waals surface area contributed by atoms with E-state index in [4.69, 9.17) is 0 Å². The first-order valence-electron chi connectivity index (χ1n) is 4.25. The molecule has 2 unspecified atom stereocenters. The van der Waals surface area contributed by atoms with Crippen LogP contribution < -0.4 is 0 Å². The molecule has 0 spiro atoms. The summed E-state index contributed by atoms with van der Waals surface area (Å²) in [7, 11) is 0. The SMILES string of the molecule is CCC(O)C(C)CCSC(F)(F)F. The lowest BCUT2D eigenvalue weighted by atomic mass is 10.0. The lowest BCUT2D eigenvalue weighted by molar-refractivity contribution is -0.0329. The zero-order chi connectivity index (χ0) is 10.5. The highest BCUT2D eigenvalue weighted by molar-refractivity contribution is 8.00. The van der Waals surface area contributed by atoms with E-state index in [0.29, 0.717) is 12.8 Å². The van der Waals surface area contributed by atoms with Crippen LogP contribution in [0.5, 0.6) is 0 Å². The summed E-state index contributed by atoms with van der Waals surface area (Å²) >= 11 is -0.0213. The van der Waals surface area contributed by atoms with Crippen molar-refractivity contribution in [3.05, 3.63) is 0 Å². The van der Waals surface area contributed by atoms with E-state index in [1.54, 1.807) is 6.92 Å². The molecule has 0 saturated carbocycles. The number of alkyl halides is 3. The molecule has 0 rings (SSSR count). The molecule has 2 atom stereocenters. The molecule has 0 aliphatic rings. The smallest absolute Gasteiger partial charge is 0.393 e. The monoisotopic (exact) mass is 216 g/mol. The number of aliphatic hydroxyl groups is 1. The first-order valence-corrected chi connectivity index (χ1v) is 5.24. The Bertz CT molecular complexity index is 138. The minimum Gasteiger partial charge on any atom is -0.393 e. The van der Waals surface area contributed by atoms with Gasteiger partial charge in [-0.1, -0.05) is 25.6 Å². The van der Waals surface area contributed by atoms with Crippen LogP contribution in [0, 0.1) is 5.92 Å². The van der Waals surface area contributed by atoms with E-state index in [-0.39, 0.29) is 23.4 Å². The Labute approximate surface area is 80.7 Å². The van der Waals surface area contributed by atoms with Gasteiger partial charge in [0.05, 0.1) is 6.10 Å². The summed E-state index contributed by atoms with van der Waals surface area (Å²) in [5.41, 5.74) is -4.14. The Morgan fingerprint density at radius 3 is 2.31 bits per heavy atom. The average molecular weight is 216 g/mol. The van der Waals surface area contributed by atoms with Gasteiger partial charge in [0.25, 0.3) is 0 Å². The molecule has 0 aliphatic heterocycles. The zero-order valence-corrected chi connectivity index (χ0v) is 8.58. The van der Waals surface area contributed by atoms with E-state index in [9.17, 15) is 18.3 Å². The van der Waals surface area contributed by atoms with E-state index in [2.05, 4.69) is 0 Å². The quantitative estimate of drug-likeness (QED) is 0.762. The molecule has 0 aromatic heterocycles. The third-order valence-corrected chi connectivity index (χ3v) is 2.68. The summed E-state index contributed by atoms with van der Waals surface area (Å²) in [5, 5.41) is 9.27. The van der Waals surface area contributed by atoms with E-state index in [1.165, 1.54) is 0 Å². The second-order valence-electron chi connectivity index (χ2n) is 3.04. The second-order valence-corrected chi connectivity index (χ2v) is 4.20. The van der Waals surface area contributed by atoms with Crippen LogP contribution in [0.2, 0.25) is 0 Å². The second kappa shape index (κ2) is 5.75. The molecule has 0 aromatic rings. The summed E-state index contributed by atoms with van der Waals surface area (Å²) in [6.07, 6.45) is 0.519. The first-order chi connectivity index (χ1) is 5.87. The molecule has 0 heterocycles. The van der Waals surface area contributed by atoms with Crippen LogP contribution in [0.15, 0.2) is 0 Å². The van der Waals surface area contributed by atoms with Crippen molar-refractivity contribution in [2.45, 2.75) is 38.3 Å². The minimum absolute atomic E-state index is 0.0213. The van der Waals surface area contributed by atoms with Crippen LogP contribution in [-0.2, 0) is 0 Å². The standard InChI is InChI=1S/C8H15F3OS/c1-3-7(12)6(2)4-5-13-8(9,10)11/h6-7,12H,3-5H2,1-2H3. The van der Waals surface area contributed by atoms with Crippen molar-refractivity contribution in [3.8, 4) is 0 Å². The minimum atomic E-state index is -4.14.